The smallest absolute Gasteiger partial charge is 0.407 e. The topological polar surface area (TPSA) is 207 Å². The Bertz CT molecular complexity index is 1250. The number of carboxylic acids is 3. The van der Waals surface area contributed by atoms with Gasteiger partial charge in [-0.3, -0.25) is 19.2 Å². The van der Waals surface area contributed by atoms with Gasteiger partial charge in [0, 0.05) is 18.9 Å². The number of carbonyl (C=O) groups is 5. The third-order valence-corrected chi connectivity index (χ3v) is 7.11. The average Bonchev–Trinajstić information content (AvgIpc) is 3.34. The molecule has 2 aromatic carbocycles. The Balaban J connectivity index is 1.51. The minimum absolute atomic E-state index is 0.0369. The molecule has 0 bridgehead atoms. The minimum atomic E-state index is -1.37. The van der Waals surface area contributed by atoms with Gasteiger partial charge in [-0.25, -0.2) is 4.79 Å². The number of amides is 2. The molecule has 2 amide bonds. The Labute approximate surface area is 266 Å². The zero-order valence-electron chi connectivity index (χ0n) is 25.4. The molecule has 0 atom stereocenters. The third-order valence-electron chi connectivity index (χ3n) is 7.11. The number of alkyl carbamates (subject to hydrolysis) is 1. The van der Waals surface area contributed by atoms with Gasteiger partial charge >= 0.3 is 24.0 Å². The number of hydrogen-bond donors (Lipinski definition) is 5. The van der Waals surface area contributed by atoms with E-state index in [9.17, 15) is 24.0 Å². The fraction of sp³-hybridized carbons (Fsp3) is 0.469. The van der Waals surface area contributed by atoms with Crippen molar-refractivity contribution in [1.82, 2.24) is 10.6 Å². The third kappa shape index (κ3) is 11.8. The fourth-order valence-electron chi connectivity index (χ4n) is 4.96. The lowest BCUT2D eigenvalue weighted by Gasteiger charge is -2.34. The lowest BCUT2D eigenvalue weighted by molar-refractivity contribution is -0.140. The Kier molecular flexibility index (Phi) is 14.4. The van der Waals surface area contributed by atoms with E-state index in [1.54, 1.807) is 0 Å². The van der Waals surface area contributed by atoms with E-state index in [4.69, 9.17) is 34.3 Å². The highest BCUT2D eigenvalue weighted by Crippen LogP contribution is 2.44. The number of fused-ring (bicyclic) bond motifs is 3. The molecule has 46 heavy (non-hydrogen) atoms. The molecule has 5 N–H and O–H groups in total. The molecule has 0 aliphatic heterocycles. The molecule has 0 fully saturated rings. The molecule has 3 rings (SSSR count). The van der Waals surface area contributed by atoms with Crippen LogP contribution in [0.5, 0.6) is 0 Å². The largest absolute Gasteiger partial charge is 0.481 e. The molecule has 0 unspecified atom stereocenters. The van der Waals surface area contributed by atoms with E-state index in [-0.39, 0.29) is 90.8 Å². The van der Waals surface area contributed by atoms with Crippen LogP contribution in [-0.2, 0) is 38.1 Å². The maximum Gasteiger partial charge on any atom is 0.407 e. The van der Waals surface area contributed by atoms with Crippen LogP contribution in [0, 0.1) is 0 Å². The molecule has 2 aromatic rings. The lowest BCUT2D eigenvalue weighted by Crippen LogP contribution is -2.58. The van der Waals surface area contributed by atoms with Crippen LogP contribution in [0.15, 0.2) is 48.5 Å². The van der Waals surface area contributed by atoms with Crippen molar-refractivity contribution in [2.45, 2.75) is 43.6 Å². The SMILES string of the molecule is O=C(O)CCOCC(COCCC(=O)O)(COCCC(=O)O)NC(=O)CCCNC(=O)OCC1c2ccccc2-c2ccccc21. The first-order valence-electron chi connectivity index (χ1n) is 14.9. The number of hydrogen-bond acceptors (Lipinski definition) is 9. The summed E-state index contributed by atoms with van der Waals surface area (Å²) < 4.78 is 21.9. The van der Waals surface area contributed by atoms with E-state index in [0.717, 1.165) is 22.3 Å². The van der Waals surface area contributed by atoms with Gasteiger partial charge in [0.05, 0.1) is 58.9 Å². The Morgan fingerprint density at radius 2 is 1.13 bits per heavy atom. The van der Waals surface area contributed by atoms with E-state index >= 15 is 0 Å². The highest BCUT2D eigenvalue weighted by Gasteiger charge is 2.34. The average molecular weight is 645 g/mol. The summed E-state index contributed by atoms with van der Waals surface area (Å²) in [7, 11) is 0. The van der Waals surface area contributed by atoms with Crippen molar-refractivity contribution in [1.29, 1.82) is 0 Å². The van der Waals surface area contributed by atoms with Gasteiger partial charge in [0.1, 0.15) is 12.1 Å². The number of ether oxygens (including phenoxy) is 4. The van der Waals surface area contributed by atoms with E-state index in [2.05, 4.69) is 10.6 Å². The molecule has 0 saturated carbocycles. The summed E-state index contributed by atoms with van der Waals surface area (Å²) in [6, 6.07) is 16.0. The summed E-state index contributed by atoms with van der Waals surface area (Å²) in [6.07, 6.45) is -1.32. The van der Waals surface area contributed by atoms with Crippen molar-refractivity contribution < 1.29 is 58.2 Å². The van der Waals surface area contributed by atoms with Crippen LogP contribution >= 0.6 is 0 Å². The number of carboxylic acid groups (broad SMARTS) is 3. The van der Waals surface area contributed by atoms with Crippen LogP contribution in [0.2, 0.25) is 0 Å². The first kappa shape index (κ1) is 35.9. The standard InChI is InChI=1S/C32H40N2O12/c35-27(34-32(19-43-15-11-28(36)37,20-44-16-12-29(38)39)21-45-17-13-30(40)41)10-5-14-33-31(42)46-18-26-24-8-3-1-6-22(24)23-7-2-4-9-25(23)26/h1-4,6-9,26H,5,10-21H2,(H,33,42)(H,34,35)(H,36,37)(H,38,39)(H,40,41). The van der Waals surface area contributed by atoms with Crippen molar-refractivity contribution in [2.24, 2.45) is 0 Å². The van der Waals surface area contributed by atoms with Gasteiger partial charge in [-0.05, 0) is 28.7 Å². The number of carbonyl (C=O) groups excluding carboxylic acids is 2. The van der Waals surface area contributed by atoms with Crippen molar-refractivity contribution in [3.8, 4) is 11.1 Å². The van der Waals surface area contributed by atoms with E-state index in [1.165, 1.54) is 0 Å². The van der Waals surface area contributed by atoms with E-state index in [0.29, 0.717) is 0 Å². The van der Waals surface area contributed by atoms with Crippen molar-refractivity contribution in [3.63, 3.8) is 0 Å². The Morgan fingerprint density at radius 1 is 0.674 bits per heavy atom. The number of benzene rings is 2. The summed E-state index contributed by atoms with van der Waals surface area (Å²) in [5.41, 5.74) is 3.03. The van der Waals surface area contributed by atoms with Crippen molar-refractivity contribution >= 4 is 29.9 Å². The molecule has 0 spiro atoms. The van der Waals surface area contributed by atoms with Crippen molar-refractivity contribution in [3.05, 3.63) is 59.7 Å². The number of rotatable bonds is 22. The molecule has 0 radical (unpaired) electrons. The number of aliphatic carboxylic acids is 3. The second-order valence-corrected chi connectivity index (χ2v) is 10.8. The highest BCUT2D eigenvalue weighted by atomic mass is 16.5. The van der Waals surface area contributed by atoms with E-state index in [1.807, 2.05) is 48.5 Å². The Morgan fingerprint density at radius 3 is 1.59 bits per heavy atom. The van der Waals surface area contributed by atoms with Crippen LogP contribution in [0.3, 0.4) is 0 Å². The van der Waals surface area contributed by atoms with Gasteiger partial charge < -0.3 is 44.9 Å². The minimum Gasteiger partial charge on any atom is -0.481 e. The molecular formula is C32H40N2O12. The second-order valence-electron chi connectivity index (χ2n) is 10.8. The summed E-state index contributed by atoms with van der Waals surface area (Å²) >= 11 is 0. The molecule has 14 nitrogen and oxygen atoms in total. The van der Waals surface area contributed by atoms with Gasteiger partial charge in [-0.2, -0.15) is 0 Å². The van der Waals surface area contributed by atoms with Gasteiger partial charge in [-0.15, -0.1) is 0 Å². The van der Waals surface area contributed by atoms with Crippen LogP contribution in [0.4, 0.5) is 4.79 Å². The molecule has 250 valence electrons. The molecule has 0 heterocycles. The van der Waals surface area contributed by atoms with Crippen LogP contribution in [0.25, 0.3) is 11.1 Å². The predicted octanol–water partition coefficient (Wildman–Crippen LogP) is 2.63. The van der Waals surface area contributed by atoms with Crippen LogP contribution in [0.1, 0.15) is 49.1 Å². The first-order valence-corrected chi connectivity index (χ1v) is 14.9. The molecule has 14 heteroatoms. The van der Waals surface area contributed by atoms with Gasteiger partial charge in [-0.1, -0.05) is 48.5 Å². The van der Waals surface area contributed by atoms with Crippen molar-refractivity contribution in [2.75, 3.05) is 52.8 Å². The first-order chi connectivity index (χ1) is 22.1. The zero-order chi connectivity index (χ0) is 33.4. The lowest BCUT2D eigenvalue weighted by atomic mass is 9.98. The molecule has 0 saturated heterocycles. The molecular weight excluding hydrogens is 604 g/mol. The summed E-state index contributed by atoms with van der Waals surface area (Å²) in [5, 5.41) is 32.2. The quantitative estimate of drug-likeness (QED) is 0.117. The normalized spacial score (nSPS) is 12.2. The predicted molar refractivity (Wildman–Crippen MR) is 162 cm³/mol. The molecule has 1 aliphatic carbocycles. The van der Waals surface area contributed by atoms with E-state index < -0.39 is 35.4 Å². The maximum atomic E-state index is 13.0. The summed E-state index contributed by atoms with van der Waals surface area (Å²) in [5.74, 6) is -3.83. The highest BCUT2D eigenvalue weighted by molar-refractivity contribution is 5.79. The van der Waals surface area contributed by atoms with Crippen LogP contribution < -0.4 is 10.6 Å². The summed E-state index contributed by atoms with van der Waals surface area (Å²) in [4.78, 5) is 58.1. The van der Waals surface area contributed by atoms with Crippen LogP contribution in [-0.4, -0.2) is 104 Å². The second kappa shape index (κ2) is 18.4. The monoisotopic (exact) mass is 644 g/mol. The fourth-order valence-corrected chi connectivity index (χ4v) is 4.96. The number of nitrogens with one attached hydrogen (secondary N) is 2. The maximum absolute atomic E-state index is 13.0. The van der Waals surface area contributed by atoms with Gasteiger partial charge in [0.15, 0.2) is 0 Å². The molecule has 0 aromatic heterocycles. The Hall–Kier alpha value is -4.53. The zero-order valence-corrected chi connectivity index (χ0v) is 25.4. The van der Waals surface area contributed by atoms with Gasteiger partial charge in [0.2, 0.25) is 5.91 Å². The van der Waals surface area contributed by atoms with Gasteiger partial charge in [0.25, 0.3) is 0 Å². The molecule has 1 aliphatic rings. The summed E-state index contributed by atoms with van der Waals surface area (Å²) in [6.45, 7) is -0.993.